The van der Waals surface area contributed by atoms with Gasteiger partial charge in [-0.05, 0) is 33.1 Å². The van der Waals surface area contributed by atoms with Crippen LogP contribution in [0.25, 0.3) is 0 Å². The van der Waals surface area contributed by atoms with Crippen LogP contribution in [0.4, 0.5) is 0 Å². The molecule has 0 unspecified atom stereocenters. The molecule has 0 aromatic heterocycles. The Kier molecular flexibility index (Phi) is 7.05. The van der Waals surface area contributed by atoms with Crippen molar-refractivity contribution in [1.29, 1.82) is 0 Å². The number of ether oxygens (including phenoxy) is 1. The predicted octanol–water partition coefficient (Wildman–Crippen LogP) is 1.54. The van der Waals surface area contributed by atoms with Crippen LogP contribution in [0.5, 0.6) is 0 Å². The van der Waals surface area contributed by atoms with Crippen LogP contribution in [0.15, 0.2) is 4.99 Å². The number of aliphatic imine (C=N–C) groups is 1. The SMILES string of the molecule is CCOCCCN=C(NN)NC1(C)CCCCC1. The summed E-state index contributed by atoms with van der Waals surface area (Å²) < 4.78 is 5.28. The third kappa shape index (κ3) is 5.69. The lowest BCUT2D eigenvalue weighted by atomic mass is 9.83. The molecule has 0 spiro atoms. The second kappa shape index (κ2) is 8.32. The van der Waals surface area contributed by atoms with Gasteiger partial charge < -0.3 is 10.1 Å². The van der Waals surface area contributed by atoms with Crippen molar-refractivity contribution in [3.8, 4) is 0 Å². The average Bonchev–Trinajstić information content (AvgIpc) is 2.38. The molecule has 18 heavy (non-hydrogen) atoms. The lowest BCUT2D eigenvalue weighted by Gasteiger charge is -2.35. The van der Waals surface area contributed by atoms with Gasteiger partial charge in [-0.2, -0.15) is 0 Å². The lowest BCUT2D eigenvalue weighted by molar-refractivity contribution is 0.146. The van der Waals surface area contributed by atoms with Crippen LogP contribution in [0.1, 0.15) is 52.4 Å². The van der Waals surface area contributed by atoms with E-state index in [0.29, 0.717) is 5.96 Å². The topological polar surface area (TPSA) is 71.7 Å². The molecule has 0 heterocycles. The van der Waals surface area contributed by atoms with Crippen LogP contribution >= 0.6 is 0 Å². The first-order valence-electron chi connectivity index (χ1n) is 7.07. The van der Waals surface area contributed by atoms with Crippen molar-refractivity contribution in [2.24, 2.45) is 10.8 Å². The van der Waals surface area contributed by atoms with Crippen LogP contribution in [0.2, 0.25) is 0 Å². The van der Waals surface area contributed by atoms with E-state index in [4.69, 9.17) is 10.6 Å². The third-order valence-electron chi connectivity index (χ3n) is 3.43. The first-order chi connectivity index (χ1) is 8.70. The minimum atomic E-state index is 0.142. The molecule has 1 aliphatic rings. The summed E-state index contributed by atoms with van der Waals surface area (Å²) in [5.41, 5.74) is 2.81. The van der Waals surface area contributed by atoms with Crippen LogP contribution < -0.4 is 16.6 Å². The highest BCUT2D eigenvalue weighted by Crippen LogP contribution is 2.27. The molecule has 4 N–H and O–H groups in total. The fraction of sp³-hybridized carbons (Fsp3) is 0.923. The number of rotatable bonds is 6. The van der Waals surface area contributed by atoms with Gasteiger partial charge in [-0.3, -0.25) is 10.4 Å². The van der Waals surface area contributed by atoms with Gasteiger partial charge in [-0.25, -0.2) is 5.84 Å². The zero-order chi connectivity index (χ0) is 13.3. The molecule has 0 aliphatic heterocycles. The summed E-state index contributed by atoms with van der Waals surface area (Å²) in [5, 5.41) is 3.45. The second-order valence-corrected chi connectivity index (χ2v) is 5.17. The second-order valence-electron chi connectivity index (χ2n) is 5.17. The summed E-state index contributed by atoms with van der Waals surface area (Å²) in [7, 11) is 0. The molecule has 5 nitrogen and oxygen atoms in total. The monoisotopic (exact) mass is 256 g/mol. The molecule has 0 bridgehead atoms. The van der Waals surface area contributed by atoms with Crippen LogP contribution in [0.3, 0.4) is 0 Å². The first kappa shape index (κ1) is 15.2. The van der Waals surface area contributed by atoms with E-state index in [-0.39, 0.29) is 5.54 Å². The standard InChI is InChI=1S/C13H28N4O/c1-3-18-11-7-10-15-12(17-14)16-13(2)8-5-4-6-9-13/h3-11,14H2,1-2H3,(H2,15,16,17). The van der Waals surface area contributed by atoms with Crippen molar-refractivity contribution in [2.75, 3.05) is 19.8 Å². The maximum Gasteiger partial charge on any atom is 0.206 e. The van der Waals surface area contributed by atoms with Crippen molar-refractivity contribution < 1.29 is 4.74 Å². The Labute approximate surface area is 111 Å². The Morgan fingerprint density at radius 1 is 1.33 bits per heavy atom. The van der Waals surface area contributed by atoms with Crippen LogP contribution in [-0.2, 0) is 4.74 Å². The number of hydrogen-bond acceptors (Lipinski definition) is 3. The minimum absolute atomic E-state index is 0.142. The van der Waals surface area contributed by atoms with Crippen LogP contribution in [0, 0.1) is 0 Å². The molecule has 1 rings (SSSR count). The Hall–Kier alpha value is -0.810. The normalized spacial score (nSPS) is 19.6. The Bertz CT molecular complexity index is 249. The Morgan fingerprint density at radius 3 is 2.67 bits per heavy atom. The van der Waals surface area contributed by atoms with Gasteiger partial charge in [0.25, 0.3) is 0 Å². The van der Waals surface area contributed by atoms with E-state index in [9.17, 15) is 0 Å². The summed E-state index contributed by atoms with van der Waals surface area (Å²) in [5.74, 6) is 6.22. The van der Waals surface area contributed by atoms with E-state index in [0.717, 1.165) is 26.2 Å². The number of hydrogen-bond donors (Lipinski definition) is 3. The van der Waals surface area contributed by atoms with Crippen molar-refractivity contribution in [3.63, 3.8) is 0 Å². The fourth-order valence-electron chi connectivity index (χ4n) is 2.37. The number of hydrazine groups is 1. The molecule has 5 heteroatoms. The van der Waals surface area contributed by atoms with Gasteiger partial charge in [0.05, 0.1) is 0 Å². The summed E-state index contributed by atoms with van der Waals surface area (Å²) >= 11 is 0. The Morgan fingerprint density at radius 2 is 2.06 bits per heavy atom. The molecule has 0 amide bonds. The number of nitrogens with one attached hydrogen (secondary N) is 2. The zero-order valence-electron chi connectivity index (χ0n) is 11.8. The van der Waals surface area contributed by atoms with E-state index in [1.807, 2.05) is 6.92 Å². The molecule has 0 aromatic rings. The molecule has 1 aliphatic carbocycles. The molecule has 106 valence electrons. The van der Waals surface area contributed by atoms with E-state index >= 15 is 0 Å². The van der Waals surface area contributed by atoms with E-state index < -0.39 is 0 Å². The molecule has 0 atom stereocenters. The lowest BCUT2D eigenvalue weighted by Crippen LogP contribution is -2.53. The first-order valence-corrected chi connectivity index (χ1v) is 7.07. The smallest absolute Gasteiger partial charge is 0.206 e. The van der Waals surface area contributed by atoms with E-state index in [2.05, 4.69) is 22.7 Å². The van der Waals surface area contributed by atoms with Gasteiger partial charge in [-0.15, -0.1) is 0 Å². The van der Waals surface area contributed by atoms with Crippen molar-refractivity contribution in [3.05, 3.63) is 0 Å². The minimum Gasteiger partial charge on any atom is -0.382 e. The number of guanidine groups is 1. The van der Waals surface area contributed by atoms with Gasteiger partial charge in [0, 0.05) is 25.3 Å². The quantitative estimate of drug-likeness (QED) is 0.222. The maximum absolute atomic E-state index is 5.52. The number of nitrogens with two attached hydrogens (primary N) is 1. The van der Waals surface area contributed by atoms with Gasteiger partial charge >= 0.3 is 0 Å². The van der Waals surface area contributed by atoms with Crippen LogP contribution in [-0.4, -0.2) is 31.3 Å². The highest BCUT2D eigenvalue weighted by Gasteiger charge is 2.27. The summed E-state index contributed by atoms with van der Waals surface area (Å²) in [4.78, 5) is 4.44. The van der Waals surface area contributed by atoms with Gasteiger partial charge in [0.15, 0.2) is 0 Å². The van der Waals surface area contributed by atoms with Crippen molar-refractivity contribution >= 4 is 5.96 Å². The molecular weight excluding hydrogens is 228 g/mol. The van der Waals surface area contributed by atoms with Gasteiger partial charge in [-0.1, -0.05) is 19.3 Å². The van der Waals surface area contributed by atoms with Crippen molar-refractivity contribution in [1.82, 2.24) is 10.7 Å². The summed E-state index contributed by atoms with van der Waals surface area (Å²) in [6.45, 7) is 6.51. The zero-order valence-corrected chi connectivity index (χ0v) is 11.8. The molecule has 0 saturated heterocycles. The molecule has 0 radical (unpaired) electrons. The molecule has 1 saturated carbocycles. The maximum atomic E-state index is 5.52. The summed E-state index contributed by atoms with van der Waals surface area (Å²) in [6.07, 6.45) is 7.21. The molecule has 0 aromatic carbocycles. The Balaban J connectivity index is 2.33. The number of nitrogens with zero attached hydrogens (tertiary/aromatic N) is 1. The fourth-order valence-corrected chi connectivity index (χ4v) is 2.37. The highest BCUT2D eigenvalue weighted by molar-refractivity contribution is 5.79. The van der Waals surface area contributed by atoms with Gasteiger partial charge in [0.1, 0.15) is 0 Å². The van der Waals surface area contributed by atoms with Crippen molar-refractivity contribution in [2.45, 2.75) is 57.9 Å². The third-order valence-corrected chi connectivity index (χ3v) is 3.43. The largest absolute Gasteiger partial charge is 0.382 e. The highest BCUT2D eigenvalue weighted by atomic mass is 16.5. The molecular formula is C13H28N4O. The van der Waals surface area contributed by atoms with Gasteiger partial charge in [0.2, 0.25) is 5.96 Å². The summed E-state index contributed by atoms with van der Waals surface area (Å²) in [6, 6.07) is 0. The predicted molar refractivity (Wildman–Crippen MR) is 75.4 cm³/mol. The van der Waals surface area contributed by atoms with E-state index in [1.54, 1.807) is 0 Å². The van der Waals surface area contributed by atoms with E-state index in [1.165, 1.54) is 32.1 Å². The average molecular weight is 256 g/mol. The molecule has 1 fully saturated rings.